The van der Waals surface area contributed by atoms with Crippen molar-refractivity contribution in [1.82, 2.24) is 15.0 Å². The third-order valence-electron chi connectivity index (χ3n) is 14.2. The lowest BCUT2D eigenvalue weighted by molar-refractivity contribution is 0.770. The summed E-state index contributed by atoms with van der Waals surface area (Å²) in [6.45, 7) is 0. The second kappa shape index (κ2) is 15.2. The van der Waals surface area contributed by atoms with E-state index in [1.165, 1.54) is 97.0 Å². The Morgan fingerprint density at radius 2 is 0.794 bits per heavy atom. The van der Waals surface area contributed by atoms with Crippen LogP contribution in [0.1, 0.15) is 22.3 Å². The molecule has 4 heteroatoms. The Morgan fingerprint density at radius 3 is 1.47 bits per heavy atom. The van der Waals surface area contributed by atoms with E-state index < -0.39 is 5.41 Å². The van der Waals surface area contributed by atoms with Gasteiger partial charge >= 0.3 is 0 Å². The van der Waals surface area contributed by atoms with Gasteiger partial charge in [0.15, 0.2) is 17.5 Å². The minimum Gasteiger partial charge on any atom is -0.208 e. The van der Waals surface area contributed by atoms with Crippen LogP contribution < -0.4 is 0 Å². The second-order valence-corrected chi connectivity index (χ2v) is 18.9. The number of nitrogens with zero attached hydrogens (tertiary/aromatic N) is 3. The zero-order valence-electron chi connectivity index (χ0n) is 36.8. The summed E-state index contributed by atoms with van der Waals surface area (Å²) in [7, 11) is 0. The van der Waals surface area contributed by atoms with Gasteiger partial charge < -0.3 is 0 Å². The minimum atomic E-state index is -0.636. The van der Waals surface area contributed by atoms with E-state index in [0.29, 0.717) is 17.5 Å². The molecule has 0 radical (unpaired) electrons. The van der Waals surface area contributed by atoms with Crippen LogP contribution in [-0.4, -0.2) is 15.0 Å². The third-order valence-corrected chi connectivity index (χ3v) is 15.4. The van der Waals surface area contributed by atoms with Gasteiger partial charge in [-0.2, -0.15) is 0 Å². The van der Waals surface area contributed by atoms with Gasteiger partial charge in [0.1, 0.15) is 0 Å². The van der Waals surface area contributed by atoms with Crippen molar-refractivity contribution >= 4 is 63.8 Å². The van der Waals surface area contributed by atoms with Gasteiger partial charge in [0.25, 0.3) is 0 Å². The molecule has 1 aliphatic rings. The average molecular weight is 882 g/mol. The molecule has 0 aliphatic heterocycles. The molecule has 316 valence electrons. The molecule has 3 nitrogen and oxygen atoms in total. The molecule has 1 aliphatic carbocycles. The summed E-state index contributed by atoms with van der Waals surface area (Å²) >= 11 is 1.89. The lowest BCUT2D eigenvalue weighted by Gasteiger charge is -2.34. The molecule has 0 saturated carbocycles. The molecule has 0 bridgehead atoms. The Labute approximate surface area is 397 Å². The van der Waals surface area contributed by atoms with E-state index in [-0.39, 0.29) is 0 Å². The van der Waals surface area contributed by atoms with E-state index in [4.69, 9.17) is 15.0 Å². The predicted octanol–water partition coefficient (Wildman–Crippen LogP) is 16.7. The number of hydrogen-bond acceptors (Lipinski definition) is 4. The molecule has 68 heavy (non-hydrogen) atoms. The first kappa shape index (κ1) is 38.7. The van der Waals surface area contributed by atoms with Crippen molar-refractivity contribution in [3.63, 3.8) is 0 Å². The molecule has 14 rings (SSSR count). The van der Waals surface area contributed by atoms with E-state index in [9.17, 15) is 0 Å². The summed E-state index contributed by atoms with van der Waals surface area (Å²) in [6.07, 6.45) is 0. The second-order valence-electron chi connectivity index (χ2n) is 17.8. The maximum atomic E-state index is 5.19. The summed E-state index contributed by atoms with van der Waals surface area (Å²) in [4.78, 5) is 15.4. The Hall–Kier alpha value is -8.57. The predicted molar refractivity (Wildman–Crippen MR) is 284 cm³/mol. The van der Waals surface area contributed by atoms with Gasteiger partial charge in [-0.05, 0) is 101 Å². The molecule has 2 aromatic heterocycles. The van der Waals surface area contributed by atoms with Crippen molar-refractivity contribution < 1.29 is 0 Å². The highest BCUT2D eigenvalue weighted by Crippen LogP contribution is 2.57. The van der Waals surface area contributed by atoms with Gasteiger partial charge in [-0.1, -0.05) is 212 Å². The highest BCUT2D eigenvalue weighted by atomic mass is 32.1. The molecule has 0 amide bonds. The Kier molecular flexibility index (Phi) is 8.67. The molecular weight excluding hydrogens is 843 g/mol. The Morgan fingerprint density at radius 1 is 0.279 bits per heavy atom. The molecular formula is C64H39N3S. The molecule has 1 atom stereocenters. The molecule has 0 fully saturated rings. The number of benzene rings is 11. The number of aromatic nitrogens is 3. The SMILES string of the molecule is c1ccc(-c2nc(-c3ccccc3)nc(-c3ccc4c(c3)C(c3ccccc3)(c3ccc5sc6c(-c7ccc8c9ccccc9c9ccccc9c8c7)cccc6c5c3)c3ccccc3-4)n2)cc1. The third kappa shape index (κ3) is 5.81. The van der Waals surface area contributed by atoms with Crippen molar-refractivity contribution in [2.45, 2.75) is 5.41 Å². The van der Waals surface area contributed by atoms with Gasteiger partial charge in [-0.15, -0.1) is 11.3 Å². The fourth-order valence-electron chi connectivity index (χ4n) is 11.2. The lowest BCUT2D eigenvalue weighted by Crippen LogP contribution is -2.28. The fourth-order valence-corrected chi connectivity index (χ4v) is 12.4. The first-order chi connectivity index (χ1) is 33.7. The van der Waals surface area contributed by atoms with Crippen molar-refractivity contribution in [2.75, 3.05) is 0 Å². The van der Waals surface area contributed by atoms with Crippen molar-refractivity contribution in [3.8, 4) is 56.4 Å². The van der Waals surface area contributed by atoms with E-state index >= 15 is 0 Å². The molecule has 2 heterocycles. The molecule has 0 saturated heterocycles. The van der Waals surface area contributed by atoms with E-state index in [0.717, 1.165) is 16.7 Å². The van der Waals surface area contributed by atoms with Gasteiger partial charge in [-0.3, -0.25) is 0 Å². The summed E-state index contributed by atoms with van der Waals surface area (Å²) in [6, 6.07) is 86.0. The van der Waals surface area contributed by atoms with Crippen LogP contribution in [0.4, 0.5) is 0 Å². The number of thiophene rings is 1. The maximum absolute atomic E-state index is 5.19. The van der Waals surface area contributed by atoms with Crippen molar-refractivity contribution in [2.24, 2.45) is 0 Å². The van der Waals surface area contributed by atoms with E-state index in [1.54, 1.807) is 0 Å². The van der Waals surface area contributed by atoms with Gasteiger partial charge in [0, 0.05) is 36.9 Å². The highest BCUT2D eigenvalue weighted by molar-refractivity contribution is 7.26. The molecule has 13 aromatic rings. The van der Waals surface area contributed by atoms with Gasteiger partial charge in [0.2, 0.25) is 0 Å². The lowest BCUT2D eigenvalue weighted by atomic mass is 9.67. The van der Waals surface area contributed by atoms with Crippen LogP contribution in [0.2, 0.25) is 0 Å². The quantitative estimate of drug-likeness (QED) is 0.156. The average Bonchev–Trinajstić information content (AvgIpc) is 3.95. The molecule has 1 unspecified atom stereocenters. The monoisotopic (exact) mass is 881 g/mol. The van der Waals surface area contributed by atoms with Crippen LogP contribution in [0.5, 0.6) is 0 Å². The van der Waals surface area contributed by atoms with Crippen LogP contribution in [0.15, 0.2) is 237 Å². The number of fused-ring (bicyclic) bond motifs is 12. The van der Waals surface area contributed by atoms with Crippen LogP contribution in [0, 0.1) is 0 Å². The normalized spacial score (nSPS) is 14.2. The minimum absolute atomic E-state index is 0.636. The molecule has 0 spiro atoms. The highest BCUT2D eigenvalue weighted by Gasteiger charge is 2.46. The first-order valence-electron chi connectivity index (χ1n) is 23.2. The van der Waals surface area contributed by atoms with Crippen LogP contribution in [-0.2, 0) is 5.41 Å². The largest absolute Gasteiger partial charge is 0.208 e. The smallest absolute Gasteiger partial charge is 0.164 e. The summed E-state index contributed by atoms with van der Waals surface area (Å²) in [5.41, 5.74) is 12.0. The van der Waals surface area contributed by atoms with E-state index in [1.807, 2.05) is 47.7 Å². The van der Waals surface area contributed by atoms with Crippen LogP contribution in [0.3, 0.4) is 0 Å². The summed E-state index contributed by atoms with van der Waals surface area (Å²) in [5, 5.41) is 10.2. The van der Waals surface area contributed by atoms with Crippen molar-refractivity contribution in [1.29, 1.82) is 0 Å². The Balaban J connectivity index is 0.979. The van der Waals surface area contributed by atoms with Crippen LogP contribution >= 0.6 is 11.3 Å². The maximum Gasteiger partial charge on any atom is 0.164 e. The standard InChI is InChI=1S/C64H39N3S/c1-4-17-40(18-5-1)61-65-62(41-19-6-2-7-20-41)67-63(66-61)43-32-35-53-52-27-14-15-30-57(52)64(58(53)38-43,44-21-8-3-9-22-44)45-33-36-59-56(39-45)54-29-16-28-46(60(54)68-59)42-31-34-51-49-25-11-10-23-47(49)48-24-12-13-26-50(48)55(51)37-42/h1-39H. The van der Waals surface area contributed by atoms with Gasteiger partial charge in [0.05, 0.1) is 5.41 Å². The fraction of sp³-hybridized carbons (Fsp3) is 0.0156. The van der Waals surface area contributed by atoms with E-state index in [2.05, 4.69) is 200 Å². The summed E-state index contributed by atoms with van der Waals surface area (Å²) in [5.74, 6) is 1.93. The van der Waals surface area contributed by atoms with Gasteiger partial charge in [-0.25, -0.2) is 15.0 Å². The Bertz CT molecular complexity index is 4050. The summed E-state index contributed by atoms with van der Waals surface area (Å²) < 4.78 is 2.56. The topological polar surface area (TPSA) is 38.7 Å². The molecule has 11 aromatic carbocycles. The number of hydrogen-bond donors (Lipinski definition) is 0. The number of rotatable bonds is 6. The molecule has 0 N–H and O–H groups in total. The zero-order valence-corrected chi connectivity index (χ0v) is 37.6. The zero-order chi connectivity index (χ0) is 44.8. The first-order valence-corrected chi connectivity index (χ1v) is 24.0. The van der Waals surface area contributed by atoms with Crippen molar-refractivity contribution in [3.05, 3.63) is 259 Å². The van der Waals surface area contributed by atoms with Crippen LogP contribution in [0.25, 0.3) is 109 Å².